The topological polar surface area (TPSA) is 77.7 Å². The second kappa shape index (κ2) is 7.00. The third kappa shape index (κ3) is 3.78. The first-order valence-corrected chi connectivity index (χ1v) is 8.79. The molecule has 0 radical (unpaired) electrons. The summed E-state index contributed by atoms with van der Waals surface area (Å²) in [6.45, 7) is 4.26. The molecule has 0 atom stereocenters. The van der Waals surface area contributed by atoms with Crippen LogP contribution in [0.2, 0.25) is 0 Å². The normalized spacial score (nSPS) is 15.3. The van der Waals surface area contributed by atoms with Crippen molar-refractivity contribution in [2.75, 3.05) is 26.8 Å². The fraction of sp³-hybridized carbons (Fsp3) is 0.350. The van der Waals surface area contributed by atoms with Gasteiger partial charge in [0.1, 0.15) is 12.4 Å². The van der Waals surface area contributed by atoms with Gasteiger partial charge < -0.3 is 18.9 Å². The summed E-state index contributed by atoms with van der Waals surface area (Å²) in [6.07, 6.45) is 1.76. The molecule has 1 saturated heterocycles. The molecule has 0 N–H and O–H groups in total. The van der Waals surface area contributed by atoms with Crippen molar-refractivity contribution in [2.24, 2.45) is 5.41 Å². The molecule has 140 valence electrons. The Bertz CT molecular complexity index is 965. The minimum absolute atomic E-state index is 0.0189. The van der Waals surface area contributed by atoms with Crippen LogP contribution in [-0.4, -0.2) is 47.8 Å². The van der Waals surface area contributed by atoms with E-state index in [9.17, 15) is 4.79 Å². The SMILES string of the molecule is CN(CC1(C)COC1)C(=O)c1cc(COc2ccc3ncccc3c2)on1. The van der Waals surface area contributed by atoms with Crippen LogP contribution in [0.4, 0.5) is 0 Å². The zero-order chi connectivity index (χ0) is 18.9. The molecule has 1 fully saturated rings. The van der Waals surface area contributed by atoms with E-state index >= 15 is 0 Å². The maximum Gasteiger partial charge on any atom is 0.275 e. The summed E-state index contributed by atoms with van der Waals surface area (Å²) in [7, 11) is 1.76. The molecule has 0 spiro atoms. The molecule has 0 aliphatic carbocycles. The number of benzene rings is 1. The van der Waals surface area contributed by atoms with Crippen molar-refractivity contribution in [3.8, 4) is 5.75 Å². The first-order valence-electron chi connectivity index (χ1n) is 8.79. The maximum absolute atomic E-state index is 12.5. The average molecular weight is 367 g/mol. The summed E-state index contributed by atoms with van der Waals surface area (Å²) in [5.74, 6) is 1.03. The molecule has 3 aromatic rings. The Labute approximate surface area is 156 Å². The maximum atomic E-state index is 12.5. The number of fused-ring (bicyclic) bond motifs is 1. The molecule has 0 unspecified atom stereocenters. The molecule has 7 heteroatoms. The van der Waals surface area contributed by atoms with E-state index in [2.05, 4.69) is 17.1 Å². The molecule has 4 rings (SSSR count). The zero-order valence-corrected chi connectivity index (χ0v) is 15.3. The van der Waals surface area contributed by atoms with Gasteiger partial charge in [-0.25, -0.2) is 0 Å². The van der Waals surface area contributed by atoms with Crippen LogP contribution in [0, 0.1) is 5.41 Å². The lowest BCUT2D eigenvalue weighted by atomic mass is 9.88. The zero-order valence-electron chi connectivity index (χ0n) is 15.3. The van der Waals surface area contributed by atoms with Crippen LogP contribution in [-0.2, 0) is 11.3 Å². The summed E-state index contributed by atoms with van der Waals surface area (Å²) >= 11 is 0. The minimum Gasteiger partial charge on any atom is -0.486 e. The summed E-state index contributed by atoms with van der Waals surface area (Å²) in [4.78, 5) is 18.4. The molecule has 2 aromatic heterocycles. The van der Waals surface area contributed by atoms with E-state index in [4.69, 9.17) is 14.0 Å². The summed E-state index contributed by atoms with van der Waals surface area (Å²) in [5.41, 5.74) is 1.21. The van der Waals surface area contributed by atoms with Crippen molar-refractivity contribution in [2.45, 2.75) is 13.5 Å². The molecule has 3 heterocycles. The lowest BCUT2D eigenvalue weighted by molar-refractivity contribution is -0.109. The van der Waals surface area contributed by atoms with Gasteiger partial charge in [-0.05, 0) is 24.3 Å². The van der Waals surface area contributed by atoms with Gasteiger partial charge >= 0.3 is 0 Å². The minimum atomic E-state index is -0.171. The van der Waals surface area contributed by atoms with E-state index < -0.39 is 0 Å². The third-order valence-electron chi connectivity index (χ3n) is 4.60. The molecule has 1 aromatic carbocycles. The number of amides is 1. The Morgan fingerprint density at radius 2 is 2.15 bits per heavy atom. The van der Waals surface area contributed by atoms with E-state index in [-0.39, 0.29) is 23.6 Å². The third-order valence-corrected chi connectivity index (χ3v) is 4.60. The Balaban J connectivity index is 1.37. The van der Waals surface area contributed by atoms with Crippen LogP contribution >= 0.6 is 0 Å². The average Bonchev–Trinajstić information content (AvgIpc) is 3.13. The number of aromatic nitrogens is 2. The highest BCUT2D eigenvalue weighted by Gasteiger charge is 2.36. The number of nitrogens with zero attached hydrogens (tertiary/aromatic N) is 3. The van der Waals surface area contributed by atoms with Crippen molar-refractivity contribution in [1.29, 1.82) is 0 Å². The molecule has 1 aliphatic heterocycles. The Kier molecular flexibility index (Phi) is 4.53. The van der Waals surface area contributed by atoms with Gasteiger partial charge in [0, 0.05) is 36.7 Å². The highest BCUT2D eigenvalue weighted by molar-refractivity contribution is 5.92. The molecule has 1 amide bonds. The number of hydrogen-bond acceptors (Lipinski definition) is 6. The van der Waals surface area contributed by atoms with E-state index in [1.807, 2.05) is 30.3 Å². The van der Waals surface area contributed by atoms with Gasteiger partial charge in [-0.2, -0.15) is 0 Å². The van der Waals surface area contributed by atoms with Gasteiger partial charge in [-0.15, -0.1) is 0 Å². The molecule has 27 heavy (non-hydrogen) atoms. The summed E-state index contributed by atoms with van der Waals surface area (Å²) < 4.78 is 16.3. The van der Waals surface area contributed by atoms with Crippen LogP contribution in [0.5, 0.6) is 5.75 Å². The van der Waals surface area contributed by atoms with Gasteiger partial charge in [-0.1, -0.05) is 18.1 Å². The van der Waals surface area contributed by atoms with Crippen molar-refractivity contribution in [1.82, 2.24) is 15.0 Å². The summed E-state index contributed by atoms with van der Waals surface area (Å²) in [5, 5.41) is 4.88. The lowest BCUT2D eigenvalue weighted by Gasteiger charge is -2.40. The summed E-state index contributed by atoms with van der Waals surface area (Å²) in [6, 6.07) is 11.2. The second-order valence-electron chi connectivity index (χ2n) is 7.29. The second-order valence-corrected chi connectivity index (χ2v) is 7.29. The predicted molar refractivity (Wildman–Crippen MR) is 98.5 cm³/mol. The van der Waals surface area contributed by atoms with E-state index in [0.29, 0.717) is 31.3 Å². The van der Waals surface area contributed by atoms with Gasteiger partial charge in [0.05, 0.1) is 18.7 Å². The van der Waals surface area contributed by atoms with Crippen molar-refractivity contribution in [3.63, 3.8) is 0 Å². The van der Waals surface area contributed by atoms with Crippen LogP contribution in [0.15, 0.2) is 47.1 Å². The number of ether oxygens (including phenoxy) is 2. The predicted octanol–water partition coefficient (Wildman–Crippen LogP) is 2.91. The first kappa shape index (κ1) is 17.5. The van der Waals surface area contributed by atoms with Gasteiger partial charge in [-0.3, -0.25) is 9.78 Å². The molecular weight excluding hydrogens is 346 g/mol. The van der Waals surface area contributed by atoms with Gasteiger partial charge in [0.25, 0.3) is 5.91 Å². The van der Waals surface area contributed by atoms with Crippen LogP contribution in [0.1, 0.15) is 23.2 Å². The fourth-order valence-electron chi connectivity index (χ4n) is 3.16. The molecular formula is C20H21N3O4. The lowest BCUT2D eigenvalue weighted by Crippen LogP contribution is -2.49. The van der Waals surface area contributed by atoms with Gasteiger partial charge in [0.2, 0.25) is 0 Å². The van der Waals surface area contributed by atoms with E-state index in [1.165, 1.54) is 0 Å². The molecule has 7 nitrogen and oxygen atoms in total. The Hall–Kier alpha value is -2.93. The molecule has 0 saturated carbocycles. The number of carbonyl (C=O) groups excluding carboxylic acids is 1. The highest BCUT2D eigenvalue weighted by atomic mass is 16.5. The van der Waals surface area contributed by atoms with E-state index in [1.54, 1.807) is 24.2 Å². The number of pyridine rings is 1. The molecule has 0 bridgehead atoms. The van der Waals surface area contributed by atoms with Crippen molar-refractivity contribution >= 4 is 16.8 Å². The Morgan fingerprint density at radius 3 is 2.93 bits per heavy atom. The number of rotatable bonds is 6. The van der Waals surface area contributed by atoms with Crippen LogP contribution < -0.4 is 4.74 Å². The largest absolute Gasteiger partial charge is 0.486 e. The standard InChI is InChI=1S/C20H21N3O4/c1-20(12-25-13-20)11-23(2)19(24)18-9-16(27-22-18)10-26-15-5-6-17-14(8-15)4-3-7-21-17/h3-9H,10-13H2,1-2H3. The van der Waals surface area contributed by atoms with Crippen molar-refractivity contribution in [3.05, 3.63) is 54.0 Å². The fourth-order valence-corrected chi connectivity index (χ4v) is 3.16. The van der Waals surface area contributed by atoms with E-state index in [0.717, 1.165) is 10.9 Å². The van der Waals surface area contributed by atoms with Gasteiger partial charge in [0.15, 0.2) is 11.5 Å². The highest BCUT2D eigenvalue weighted by Crippen LogP contribution is 2.27. The Morgan fingerprint density at radius 1 is 1.30 bits per heavy atom. The first-order chi connectivity index (χ1) is 13.0. The van der Waals surface area contributed by atoms with Crippen LogP contribution in [0.3, 0.4) is 0 Å². The quantitative estimate of drug-likeness (QED) is 0.667. The number of carbonyl (C=O) groups is 1. The van der Waals surface area contributed by atoms with Crippen LogP contribution in [0.25, 0.3) is 10.9 Å². The number of hydrogen-bond donors (Lipinski definition) is 0. The molecule has 1 aliphatic rings. The van der Waals surface area contributed by atoms with Crippen molar-refractivity contribution < 1.29 is 18.8 Å². The smallest absolute Gasteiger partial charge is 0.275 e. The monoisotopic (exact) mass is 367 g/mol.